The van der Waals surface area contributed by atoms with Crippen LogP contribution < -0.4 is 10.2 Å². The van der Waals surface area contributed by atoms with Crippen molar-refractivity contribution in [2.45, 2.75) is 6.92 Å². The van der Waals surface area contributed by atoms with E-state index in [-0.39, 0.29) is 6.61 Å². The Balaban J connectivity index is 2.06. The van der Waals surface area contributed by atoms with E-state index in [4.69, 9.17) is 20.8 Å². The molecule has 0 aliphatic rings. The van der Waals surface area contributed by atoms with E-state index in [0.717, 1.165) is 5.56 Å². The lowest BCUT2D eigenvalue weighted by molar-refractivity contribution is 0.152. The molecule has 0 aliphatic heterocycles. The van der Waals surface area contributed by atoms with Crippen LogP contribution in [0.15, 0.2) is 39.9 Å². The highest BCUT2D eigenvalue weighted by Gasteiger charge is 2.07. The number of ether oxygens (including phenoxy) is 2. The summed E-state index contributed by atoms with van der Waals surface area (Å²) < 4.78 is 15.4. The van der Waals surface area contributed by atoms with Gasteiger partial charge in [-0.3, -0.25) is 0 Å². The number of furan rings is 1. The number of carbonyl (C=O) groups excluding carboxylic acids is 1. The molecule has 22 heavy (non-hydrogen) atoms. The van der Waals surface area contributed by atoms with E-state index in [1.165, 1.54) is 6.21 Å². The SMILES string of the molecule is CCOC(=O)N/N=C/c1ccc(-c2ccc(OC)c(Cl)c2)o1. The highest BCUT2D eigenvalue weighted by Crippen LogP contribution is 2.30. The molecule has 1 amide bonds. The molecule has 116 valence electrons. The molecule has 1 heterocycles. The number of rotatable bonds is 5. The first kappa shape index (κ1) is 15.9. The number of carbonyl (C=O) groups is 1. The maximum Gasteiger partial charge on any atom is 0.427 e. The highest BCUT2D eigenvalue weighted by atomic mass is 35.5. The first-order chi connectivity index (χ1) is 10.6. The summed E-state index contributed by atoms with van der Waals surface area (Å²) >= 11 is 6.08. The molecule has 0 unspecified atom stereocenters. The first-order valence-electron chi connectivity index (χ1n) is 6.53. The van der Waals surface area contributed by atoms with Crippen LogP contribution in [0.5, 0.6) is 5.75 Å². The maximum absolute atomic E-state index is 11.1. The monoisotopic (exact) mass is 322 g/mol. The van der Waals surface area contributed by atoms with Gasteiger partial charge in [-0.05, 0) is 37.3 Å². The van der Waals surface area contributed by atoms with Crippen molar-refractivity contribution in [3.05, 3.63) is 41.1 Å². The minimum atomic E-state index is -0.618. The van der Waals surface area contributed by atoms with Crippen LogP contribution >= 0.6 is 11.6 Å². The molecule has 1 aromatic carbocycles. The van der Waals surface area contributed by atoms with Gasteiger partial charge in [-0.1, -0.05) is 11.6 Å². The van der Waals surface area contributed by atoms with E-state index < -0.39 is 6.09 Å². The third-order valence-electron chi connectivity index (χ3n) is 2.69. The molecule has 1 N–H and O–H groups in total. The number of nitrogens with one attached hydrogen (secondary N) is 1. The predicted octanol–water partition coefficient (Wildman–Crippen LogP) is 3.69. The zero-order valence-corrected chi connectivity index (χ0v) is 12.9. The van der Waals surface area contributed by atoms with E-state index in [0.29, 0.717) is 22.3 Å². The van der Waals surface area contributed by atoms with Crippen LogP contribution in [0.4, 0.5) is 4.79 Å². The number of amides is 1. The van der Waals surface area contributed by atoms with Gasteiger partial charge in [0.25, 0.3) is 0 Å². The Bertz CT molecular complexity index is 682. The lowest BCUT2D eigenvalue weighted by Gasteiger charge is -2.04. The fraction of sp³-hybridized carbons (Fsp3) is 0.200. The summed E-state index contributed by atoms with van der Waals surface area (Å²) in [6, 6.07) is 8.85. The van der Waals surface area contributed by atoms with Gasteiger partial charge < -0.3 is 13.9 Å². The second-order valence-corrected chi connectivity index (χ2v) is 4.55. The predicted molar refractivity (Wildman–Crippen MR) is 83.5 cm³/mol. The van der Waals surface area contributed by atoms with Crippen molar-refractivity contribution >= 4 is 23.9 Å². The number of halogens is 1. The molecule has 7 heteroatoms. The Hall–Kier alpha value is -2.47. The molecule has 0 saturated carbocycles. The van der Waals surface area contributed by atoms with E-state index in [9.17, 15) is 4.79 Å². The van der Waals surface area contributed by atoms with Gasteiger partial charge in [0.15, 0.2) is 0 Å². The molecule has 2 rings (SSSR count). The second kappa shape index (κ2) is 7.51. The lowest BCUT2D eigenvalue weighted by atomic mass is 10.2. The Morgan fingerprint density at radius 2 is 2.23 bits per heavy atom. The number of hydrogen-bond donors (Lipinski definition) is 1. The van der Waals surface area contributed by atoms with Gasteiger partial charge in [-0.2, -0.15) is 5.10 Å². The van der Waals surface area contributed by atoms with Crippen molar-refractivity contribution in [1.82, 2.24) is 5.43 Å². The maximum atomic E-state index is 11.1. The molecular formula is C15H15ClN2O4. The Morgan fingerprint density at radius 3 is 2.91 bits per heavy atom. The molecule has 0 fully saturated rings. The van der Waals surface area contributed by atoms with E-state index in [2.05, 4.69) is 15.3 Å². The van der Waals surface area contributed by atoms with Crippen molar-refractivity contribution in [2.24, 2.45) is 5.10 Å². The highest BCUT2D eigenvalue weighted by molar-refractivity contribution is 6.32. The Labute approximate surface area is 132 Å². The molecule has 6 nitrogen and oxygen atoms in total. The van der Waals surface area contributed by atoms with Gasteiger partial charge in [-0.15, -0.1) is 0 Å². The summed E-state index contributed by atoms with van der Waals surface area (Å²) in [5, 5.41) is 4.22. The Morgan fingerprint density at radius 1 is 1.41 bits per heavy atom. The van der Waals surface area contributed by atoms with Crippen LogP contribution in [0.2, 0.25) is 5.02 Å². The van der Waals surface area contributed by atoms with Crippen molar-refractivity contribution in [2.75, 3.05) is 13.7 Å². The quantitative estimate of drug-likeness (QED) is 0.673. The van der Waals surface area contributed by atoms with E-state index >= 15 is 0 Å². The van der Waals surface area contributed by atoms with Gasteiger partial charge in [0.1, 0.15) is 17.3 Å². The average molecular weight is 323 g/mol. The summed E-state index contributed by atoms with van der Waals surface area (Å²) in [4.78, 5) is 11.1. The van der Waals surface area contributed by atoms with Crippen LogP contribution in [0, 0.1) is 0 Å². The van der Waals surface area contributed by atoms with Gasteiger partial charge in [0.05, 0.1) is 25.0 Å². The molecule has 1 aromatic heterocycles. The van der Waals surface area contributed by atoms with Crippen LogP contribution in [0.3, 0.4) is 0 Å². The van der Waals surface area contributed by atoms with Crippen LogP contribution in [0.1, 0.15) is 12.7 Å². The largest absolute Gasteiger partial charge is 0.495 e. The zero-order chi connectivity index (χ0) is 15.9. The van der Waals surface area contributed by atoms with Crippen LogP contribution in [-0.2, 0) is 4.74 Å². The summed E-state index contributed by atoms with van der Waals surface area (Å²) in [7, 11) is 1.55. The summed E-state index contributed by atoms with van der Waals surface area (Å²) in [6.45, 7) is 1.99. The van der Waals surface area contributed by atoms with Crippen molar-refractivity contribution in [3.8, 4) is 17.1 Å². The fourth-order valence-electron chi connectivity index (χ4n) is 1.71. The number of benzene rings is 1. The smallest absolute Gasteiger partial charge is 0.427 e. The van der Waals surface area contributed by atoms with Crippen molar-refractivity contribution in [3.63, 3.8) is 0 Å². The molecule has 0 radical (unpaired) electrons. The average Bonchev–Trinajstić information content (AvgIpc) is 2.96. The van der Waals surface area contributed by atoms with E-state index in [1.54, 1.807) is 38.3 Å². The van der Waals surface area contributed by atoms with Crippen LogP contribution in [0.25, 0.3) is 11.3 Å². The van der Waals surface area contributed by atoms with Crippen molar-refractivity contribution < 1.29 is 18.7 Å². The molecule has 0 atom stereocenters. The summed E-state index contributed by atoms with van der Waals surface area (Å²) in [6.07, 6.45) is 0.762. The van der Waals surface area contributed by atoms with Gasteiger partial charge in [-0.25, -0.2) is 10.2 Å². The summed E-state index contributed by atoms with van der Waals surface area (Å²) in [5.41, 5.74) is 3.02. The van der Waals surface area contributed by atoms with Gasteiger partial charge in [0.2, 0.25) is 0 Å². The van der Waals surface area contributed by atoms with Crippen molar-refractivity contribution in [1.29, 1.82) is 0 Å². The normalized spacial score (nSPS) is 10.7. The molecular weight excluding hydrogens is 308 g/mol. The molecule has 0 saturated heterocycles. The molecule has 0 aliphatic carbocycles. The minimum absolute atomic E-state index is 0.282. The standard InChI is InChI=1S/C15H15ClN2O4/c1-3-21-15(19)18-17-9-11-5-7-13(22-11)10-4-6-14(20-2)12(16)8-10/h4-9H,3H2,1-2H3,(H,18,19)/b17-9+. The third-order valence-corrected chi connectivity index (χ3v) is 2.98. The minimum Gasteiger partial charge on any atom is -0.495 e. The summed E-state index contributed by atoms with van der Waals surface area (Å²) in [5.74, 6) is 1.71. The second-order valence-electron chi connectivity index (χ2n) is 4.14. The number of methoxy groups -OCH3 is 1. The number of hydrazone groups is 1. The van der Waals surface area contributed by atoms with Gasteiger partial charge >= 0.3 is 6.09 Å². The first-order valence-corrected chi connectivity index (χ1v) is 6.91. The zero-order valence-electron chi connectivity index (χ0n) is 12.1. The Kier molecular flexibility index (Phi) is 5.43. The third kappa shape index (κ3) is 4.02. The van der Waals surface area contributed by atoms with E-state index in [1.807, 2.05) is 6.07 Å². The topological polar surface area (TPSA) is 73.1 Å². The van der Waals surface area contributed by atoms with Gasteiger partial charge in [0, 0.05) is 5.56 Å². The lowest BCUT2D eigenvalue weighted by Crippen LogP contribution is -2.18. The number of nitrogens with zero attached hydrogens (tertiary/aromatic N) is 1. The molecule has 0 spiro atoms. The van der Waals surface area contributed by atoms with Crippen LogP contribution in [-0.4, -0.2) is 26.0 Å². The fourth-order valence-corrected chi connectivity index (χ4v) is 1.97. The molecule has 2 aromatic rings. The molecule has 0 bridgehead atoms. The number of hydrogen-bond acceptors (Lipinski definition) is 5.